The van der Waals surface area contributed by atoms with Gasteiger partial charge in [-0.2, -0.15) is 0 Å². The molecule has 0 unspecified atom stereocenters. The molecule has 0 aliphatic rings. The summed E-state index contributed by atoms with van der Waals surface area (Å²) in [5.74, 6) is -0.199. The van der Waals surface area contributed by atoms with E-state index in [-0.39, 0.29) is 29.1 Å². The number of amides is 2. The number of sulfonamides is 1. The molecular formula is C32H40ClN3O6S. The number of halogens is 1. The molecule has 0 aliphatic heterocycles. The summed E-state index contributed by atoms with van der Waals surface area (Å²) in [4.78, 5) is 29.1. The lowest BCUT2D eigenvalue weighted by Gasteiger charge is -2.34. The van der Waals surface area contributed by atoms with Crippen LogP contribution in [0.2, 0.25) is 5.02 Å². The van der Waals surface area contributed by atoms with Crippen LogP contribution >= 0.6 is 11.6 Å². The Hall–Kier alpha value is -3.76. The molecule has 0 aliphatic carbocycles. The van der Waals surface area contributed by atoms with Crippen LogP contribution in [0, 0.1) is 6.92 Å². The maximum Gasteiger partial charge on any atom is 0.264 e. The van der Waals surface area contributed by atoms with Crippen molar-refractivity contribution in [3.8, 4) is 11.5 Å². The molecule has 3 aromatic rings. The summed E-state index contributed by atoms with van der Waals surface area (Å²) in [5, 5.41) is 3.39. The molecule has 11 heteroatoms. The lowest BCUT2D eigenvalue weighted by Crippen LogP contribution is -2.53. The number of nitrogens with one attached hydrogen (secondary N) is 1. The van der Waals surface area contributed by atoms with Crippen molar-refractivity contribution in [2.45, 2.75) is 64.1 Å². The minimum absolute atomic E-state index is 0.00922. The molecule has 1 N–H and O–H groups in total. The maximum absolute atomic E-state index is 14.3. The average molecular weight is 630 g/mol. The normalized spacial score (nSPS) is 12.6. The van der Waals surface area contributed by atoms with Crippen molar-refractivity contribution in [3.63, 3.8) is 0 Å². The molecule has 0 aromatic heterocycles. The monoisotopic (exact) mass is 629 g/mol. The van der Waals surface area contributed by atoms with E-state index in [2.05, 4.69) is 5.32 Å². The van der Waals surface area contributed by atoms with Crippen molar-refractivity contribution in [2.75, 3.05) is 25.1 Å². The fourth-order valence-electron chi connectivity index (χ4n) is 4.52. The second-order valence-electron chi connectivity index (χ2n) is 10.2. The van der Waals surface area contributed by atoms with Gasteiger partial charge in [-0.3, -0.25) is 13.9 Å². The van der Waals surface area contributed by atoms with E-state index in [4.69, 9.17) is 21.1 Å². The molecule has 2 atom stereocenters. The van der Waals surface area contributed by atoms with Crippen LogP contribution in [0.1, 0.15) is 44.7 Å². The van der Waals surface area contributed by atoms with E-state index < -0.39 is 28.5 Å². The fraction of sp³-hybridized carbons (Fsp3) is 0.375. The van der Waals surface area contributed by atoms with Gasteiger partial charge in [0.25, 0.3) is 10.0 Å². The number of carbonyl (C=O) groups is 2. The van der Waals surface area contributed by atoms with E-state index >= 15 is 0 Å². The zero-order valence-electron chi connectivity index (χ0n) is 25.5. The highest BCUT2D eigenvalue weighted by Crippen LogP contribution is 2.34. The average Bonchev–Trinajstić information content (AvgIpc) is 3.00. The highest BCUT2D eigenvalue weighted by atomic mass is 35.5. The second kappa shape index (κ2) is 15.1. The number of anilines is 1. The van der Waals surface area contributed by atoms with Crippen LogP contribution in [0.15, 0.2) is 71.6 Å². The summed E-state index contributed by atoms with van der Waals surface area (Å²) in [6.07, 6.45) is 1.02. The van der Waals surface area contributed by atoms with Crippen LogP contribution < -0.4 is 19.1 Å². The number of methoxy groups -OCH3 is 2. The maximum atomic E-state index is 14.3. The largest absolute Gasteiger partial charge is 0.493 e. The first-order valence-corrected chi connectivity index (χ1v) is 15.9. The van der Waals surface area contributed by atoms with Gasteiger partial charge in [0.1, 0.15) is 12.6 Å². The van der Waals surface area contributed by atoms with Crippen LogP contribution in [-0.4, -0.2) is 58.0 Å². The fourth-order valence-corrected chi connectivity index (χ4v) is 6.12. The predicted octanol–water partition coefficient (Wildman–Crippen LogP) is 5.58. The molecule has 2 amide bonds. The zero-order valence-corrected chi connectivity index (χ0v) is 27.0. The second-order valence-corrected chi connectivity index (χ2v) is 12.5. The third kappa shape index (κ3) is 8.20. The van der Waals surface area contributed by atoms with Gasteiger partial charge in [-0.05, 0) is 62.6 Å². The van der Waals surface area contributed by atoms with Crippen molar-refractivity contribution in [1.29, 1.82) is 0 Å². The molecule has 0 spiro atoms. The molecule has 0 bridgehead atoms. The standard InChI is InChI=1S/C32H40ClN3O6S/c1-7-23(4)34-32(38)28(8-2)35(20-24-11-9-10-12-27(24)33)31(37)21-36(25-15-18-29(41-5)30(19-25)42-6)43(39,40)26-16-13-22(3)14-17-26/h9-19,23,28H,7-8,20-21H2,1-6H3,(H,34,38)/t23-,28+/m1/s1. The van der Waals surface area contributed by atoms with Gasteiger partial charge in [0.15, 0.2) is 11.5 Å². The number of ether oxygens (including phenoxy) is 2. The predicted molar refractivity (Wildman–Crippen MR) is 169 cm³/mol. The SMILES string of the molecule is CC[C@@H](C)NC(=O)[C@H](CC)N(Cc1ccccc1Cl)C(=O)CN(c1ccc(OC)c(OC)c1)S(=O)(=O)c1ccc(C)cc1. The Morgan fingerprint density at radius 3 is 2.16 bits per heavy atom. The minimum atomic E-state index is -4.24. The highest BCUT2D eigenvalue weighted by Gasteiger charge is 2.34. The highest BCUT2D eigenvalue weighted by molar-refractivity contribution is 7.92. The summed E-state index contributed by atoms with van der Waals surface area (Å²) < 4.78 is 40.0. The van der Waals surface area contributed by atoms with E-state index in [0.717, 1.165) is 9.87 Å². The summed E-state index contributed by atoms with van der Waals surface area (Å²) in [7, 11) is -1.32. The lowest BCUT2D eigenvalue weighted by molar-refractivity contribution is -0.140. The number of aryl methyl sites for hydroxylation is 1. The van der Waals surface area contributed by atoms with E-state index in [1.54, 1.807) is 48.5 Å². The Kier molecular flexibility index (Phi) is 11.9. The van der Waals surface area contributed by atoms with E-state index in [1.165, 1.54) is 37.3 Å². The van der Waals surface area contributed by atoms with Crippen molar-refractivity contribution in [2.24, 2.45) is 0 Å². The minimum Gasteiger partial charge on any atom is -0.493 e. The van der Waals surface area contributed by atoms with Gasteiger partial charge in [-0.15, -0.1) is 0 Å². The van der Waals surface area contributed by atoms with Crippen LogP contribution in [0.4, 0.5) is 5.69 Å². The van der Waals surface area contributed by atoms with Crippen LogP contribution in [-0.2, 0) is 26.2 Å². The van der Waals surface area contributed by atoms with Gasteiger partial charge in [-0.1, -0.05) is 61.3 Å². The number of carbonyl (C=O) groups excluding carboxylic acids is 2. The van der Waals surface area contributed by atoms with Gasteiger partial charge in [0, 0.05) is 23.7 Å². The first-order valence-electron chi connectivity index (χ1n) is 14.1. The zero-order chi connectivity index (χ0) is 31.7. The van der Waals surface area contributed by atoms with Crippen molar-refractivity contribution in [1.82, 2.24) is 10.2 Å². The molecule has 232 valence electrons. The van der Waals surface area contributed by atoms with Crippen molar-refractivity contribution < 1.29 is 27.5 Å². The van der Waals surface area contributed by atoms with Gasteiger partial charge < -0.3 is 19.7 Å². The molecule has 0 heterocycles. The van der Waals surface area contributed by atoms with Gasteiger partial charge >= 0.3 is 0 Å². The van der Waals surface area contributed by atoms with Crippen molar-refractivity contribution in [3.05, 3.63) is 82.9 Å². The lowest BCUT2D eigenvalue weighted by atomic mass is 10.1. The molecule has 3 aromatic carbocycles. The van der Waals surface area contributed by atoms with Crippen LogP contribution in [0.5, 0.6) is 11.5 Å². The van der Waals surface area contributed by atoms with Crippen LogP contribution in [0.25, 0.3) is 0 Å². The smallest absolute Gasteiger partial charge is 0.264 e. The van der Waals surface area contributed by atoms with Gasteiger partial charge in [-0.25, -0.2) is 8.42 Å². The van der Waals surface area contributed by atoms with Crippen LogP contribution in [0.3, 0.4) is 0 Å². The Bertz CT molecular complexity index is 1510. The number of benzene rings is 3. The first-order chi connectivity index (χ1) is 20.5. The molecule has 0 saturated heterocycles. The molecule has 0 fully saturated rings. The Labute approximate surface area is 259 Å². The summed E-state index contributed by atoms with van der Waals surface area (Å²) in [6.45, 7) is 6.93. The third-order valence-electron chi connectivity index (χ3n) is 7.23. The number of hydrogen-bond acceptors (Lipinski definition) is 6. The molecule has 0 radical (unpaired) electrons. The van der Waals surface area contributed by atoms with E-state index in [0.29, 0.717) is 34.9 Å². The quantitative estimate of drug-likeness (QED) is 0.250. The molecule has 43 heavy (non-hydrogen) atoms. The third-order valence-corrected chi connectivity index (χ3v) is 9.39. The van der Waals surface area contributed by atoms with Crippen molar-refractivity contribution >= 4 is 39.1 Å². The Balaban J connectivity index is 2.13. The Morgan fingerprint density at radius 1 is 0.930 bits per heavy atom. The van der Waals surface area contributed by atoms with Gasteiger partial charge in [0.05, 0.1) is 24.8 Å². The number of nitrogens with zero attached hydrogens (tertiary/aromatic N) is 2. The number of hydrogen-bond donors (Lipinski definition) is 1. The summed E-state index contributed by atoms with van der Waals surface area (Å²) in [6, 6.07) is 17.1. The first kappa shape index (κ1) is 33.7. The Morgan fingerprint density at radius 2 is 1.58 bits per heavy atom. The topological polar surface area (TPSA) is 105 Å². The molecule has 3 rings (SSSR count). The summed E-state index contributed by atoms with van der Waals surface area (Å²) >= 11 is 6.47. The number of rotatable bonds is 14. The molecular weight excluding hydrogens is 590 g/mol. The van der Waals surface area contributed by atoms with E-state index in [1.807, 2.05) is 27.7 Å². The van der Waals surface area contributed by atoms with Gasteiger partial charge in [0.2, 0.25) is 11.8 Å². The summed E-state index contributed by atoms with van der Waals surface area (Å²) in [5.41, 5.74) is 1.71. The molecule has 0 saturated carbocycles. The van der Waals surface area contributed by atoms with E-state index in [9.17, 15) is 18.0 Å². The molecule has 9 nitrogen and oxygen atoms in total.